The third-order valence-corrected chi connectivity index (χ3v) is 2.27. The first-order valence-corrected chi connectivity index (χ1v) is 4.27. The Hall–Kier alpha value is -1.23. The monoisotopic (exact) mass is 181 g/mol. The van der Waals surface area contributed by atoms with Crippen LogP contribution in [0.15, 0.2) is 0 Å². The Morgan fingerprint density at radius 1 is 1.69 bits per heavy atom. The summed E-state index contributed by atoms with van der Waals surface area (Å²) in [7, 11) is 0. The summed E-state index contributed by atoms with van der Waals surface area (Å²) in [6.45, 7) is 3.15. The maximum absolute atomic E-state index is 10.7. The summed E-state index contributed by atoms with van der Waals surface area (Å²) < 4.78 is 6.88. The van der Waals surface area contributed by atoms with Gasteiger partial charge >= 0.3 is 0 Å². The SMILES string of the molecule is Cc1nnn([C@H]2CCOC2)c1C=O. The predicted octanol–water partition coefficient (Wildman–Crippen LogP) is 0.360. The smallest absolute Gasteiger partial charge is 0.170 e. The predicted molar refractivity (Wildman–Crippen MR) is 44.6 cm³/mol. The third kappa shape index (κ3) is 1.35. The van der Waals surface area contributed by atoms with E-state index in [9.17, 15) is 4.79 Å². The van der Waals surface area contributed by atoms with Gasteiger partial charge in [-0.2, -0.15) is 0 Å². The minimum atomic E-state index is 0.182. The van der Waals surface area contributed by atoms with Crippen LogP contribution in [0.4, 0.5) is 0 Å². The molecule has 1 saturated heterocycles. The minimum Gasteiger partial charge on any atom is -0.379 e. The molecule has 1 atom stereocenters. The fourth-order valence-electron chi connectivity index (χ4n) is 1.50. The van der Waals surface area contributed by atoms with Gasteiger partial charge in [0.25, 0.3) is 0 Å². The Bertz CT molecular complexity index is 315. The number of carbonyl (C=O) groups excluding carboxylic acids is 1. The van der Waals surface area contributed by atoms with Crippen LogP contribution in [0.5, 0.6) is 0 Å². The van der Waals surface area contributed by atoms with Crippen LogP contribution in [0.2, 0.25) is 0 Å². The van der Waals surface area contributed by atoms with Gasteiger partial charge in [-0.3, -0.25) is 4.79 Å². The van der Waals surface area contributed by atoms with Crippen molar-refractivity contribution in [1.29, 1.82) is 0 Å². The molecular weight excluding hydrogens is 170 g/mol. The first-order valence-electron chi connectivity index (χ1n) is 4.27. The molecule has 13 heavy (non-hydrogen) atoms. The van der Waals surface area contributed by atoms with E-state index in [0.29, 0.717) is 18.0 Å². The van der Waals surface area contributed by atoms with E-state index in [-0.39, 0.29) is 6.04 Å². The molecule has 5 heteroatoms. The van der Waals surface area contributed by atoms with E-state index in [1.807, 2.05) is 0 Å². The fraction of sp³-hybridized carbons (Fsp3) is 0.625. The lowest BCUT2D eigenvalue weighted by atomic mass is 10.2. The molecule has 0 radical (unpaired) electrons. The van der Waals surface area contributed by atoms with E-state index >= 15 is 0 Å². The molecule has 0 bridgehead atoms. The van der Waals surface area contributed by atoms with E-state index in [0.717, 1.165) is 19.3 Å². The molecule has 0 N–H and O–H groups in total. The number of hydrogen-bond donors (Lipinski definition) is 0. The summed E-state index contributed by atoms with van der Waals surface area (Å²) in [5.74, 6) is 0. The second-order valence-corrected chi connectivity index (χ2v) is 3.14. The number of ether oxygens (including phenoxy) is 1. The summed E-state index contributed by atoms with van der Waals surface area (Å²) in [6.07, 6.45) is 1.71. The van der Waals surface area contributed by atoms with E-state index < -0.39 is 0 Å². The molecule has 0 amide bonds. The van der Waals surface area contributed by atoms with Gasteiger partial charge in [-0.15, -0.1) is 5.10 Å². The van der Waals surface area contributed by atoms with Crippen molar-refractivity contribution in [1.82, 2.24) is 15.0 Å². The van der Waals surface area contributed by atoms with Crippen molar-refractivity contribution in [2.75, 3.05) is 13.2 Å². The lowest BCUT2D eigenvalue weighted by Gasteiger charge is -2.07. The normalized spacial score (nSPS) is 22.1. The van der Waals surface area contributed by atoms with Crippen LogP contribution in [0.25, 0.3) is 0 Å². The first-order chi connectivity index (χ1) is 6.33. The van der Waals surface area contributed by atoms with Crippen LogP contribution in [0, 0.1) is 6.92 Å². The Labute approximate surface area is 75.7 Å². The highest BCUT2D eigenvalue weighted by Crippen LogP contribution is 2.19. The molecule has 0 unspecified atom stereocenters. The number of hydrogen-bond acceptors (Lipinski definition) is 4. The van der Waals surface area contributed by atoms with Crippen molar-refractivity contribution in [3.8, 4) is 0 Å². The van der Waals surface area contributed by atoms with Gasteiger partial charge < -0.3 is 4.74 Å². The van der Waals surface area contributed by atoms with Crippen LogP contribution in [0.1, 0.15) is 28.6 Å². The molecule has 1 fully saturated rings. The van der Waals surface area contributed by atoms with Crippen molar-refractivity contribution in [2.24, 2.45) is 0 Å². The lowest BCUT2D eigenvalue weighted by Crippen LogP contribution is -2.13. The van der Waals surface area contributed by atoms with Crippen LogP contribution in [-0.2, 0) is 4.74 Å². The number of nitrogens with zero attached hydrogens (tertiary/aromatic N) is 3. The van der Waals surface area contributed by atoms with Crippen molar-refractivity contribution in [2.45, 2.75) is 19.4 Å². The van der Waals surface area contributed by atoms with Crippen molar-refractivity contribution < 1.29 is 9.53 Å². The molecule has 2 rings (SSSR count). The largest absolute Gasteiger partial charge is 0.379 e. The fourth-order valence-corrected chi connectivity index (χ4v) is 1.50. The number of aromatic nitrogens is 3. The summed E-state index contributed by atoms with van der Waals surface area (Å²) >= 11 is 0. The Morgan fingerprint density at radius 2 is 2.54 bits per heavy atom. The molecule has 0 aromatic carbocycles. The van der Waals surface area contributed by atoms with Gasteiger partial charge in [0, 0.05) is 6.61 Å². The molecule has 0 spiro atoms. The third-order valence-electron chi connectivity index (χ3n) is 2.27. The van der Waals surface area contributed by atoms with Crippen LogP contribution < -0.4 is 0 Å². The molecule has 2 heterocycles. The molecule has 0 saturated carbocycles. The zero-order valence-corrected chi connectivity index (χ0v) is 7.43. The highest BCUT2D eigenvalue weighted by Gasteiger charge is 2.22. The van der Waals surface area contributed by atoms with Crippen LogP contribution in [0.3, 0.4) is 0 Å². The number of aldehydes is 1. The quantitative estimate of drug-likeness (QED) is 0.618. The van der Waals surface area contributed by atoms with Gasteiger partial charge in [0.2, 0.25) is 0 Å². The van der Waals surface area contributed by atoms with Crippen LogP contribution >= 0.6 is 0 Å². The lowest BCUT2D eigenvalue weighted by molar-refractivity contribution is 0.111. The molecule has 1 aromatic heterocycles. The van der Waals surface area contributed by atoms with E-state index in [1.165, 1.54) is 0 Å². The van der Waals surface area contributed by atoms with E-state index in [4.69, 9.17) is 4.74 Å². The van der Waals surface area contributed by atoms with Crippen LogP contribution in [-0.4, -0.2) is 34.5 Å². The van der Waals surface area contributed by atoms with Gasteiger partial charge in [0.1, 0.15) is 5.69 Å². The summed E-state index contributed by atoms with van der Waals surface area (Å²) in [5, 5.41) is 7.78. The molecule has 70 valence electrons. The molecule has 1 aliphatic rings. The molecular formula is C8H11N3O2. The molecule has 0 aliphatic carbocycles. The summed E-state index contributed by atoms with van der Waals surface area (Å²) in [5.41, 5.74) is 1.25. The maximum atomic E-state index is 10.7. The zero-order valence-electron chi connectivity index (χ0n) is 7.43. The van der Waals surface area contributed by atoms with Crippen molar-refractivity contribution in [3.63, 3.8) is 0 Å². The van der Waals surface area contributed by atoms with E-state index in [2.05, 4.69) is 10.3 Å². The van der Waals surface area contributed by atoms with Gasteiger partial charge in [0.05, 0.1) is 18.3 Å². The Kier molecular flexibility index (Phi) is 2.10. The Balaban J connectivity index is 2.32. The summed E-state index contributed by atoms with van der Waals surface area (Å²) in [4.78, 5) is 10.7. The average molecular weight is 181 g/mol. The number of aryl methyl sites for hydroxylation is 1. The topological polar surface area (TPSA) is 57.0 Å². The number of carbonyl (C=O) groups is 1. The molecule has 5 nitrogen and oxygen atoms in total. The Morgan fingerprint density at radius 3 is 3.15 bits per heavy atom. The standard InChI is InChI=1S/C8H11N3O2/c1-6-8(4-12)11(10-9-6)7-2-3-13-5-7/h4,7H,2-3,5H2,1H3/t7-/m0/s1. The van der Waals surface area contributed by atoms with Gasteiger partial charge in [-0.05, 0) is 13.3 Å². The minimum absolute atomic E-state index is 0.182. The number of rotatable bonds is 2. The van der Waals surface area contributed by atoms with Gasteiger partial charge in [-0.1, -0.05) is 5.21 Å². The zero-order chi connectivity index (χ0) is 9.26. The van der Waals surface area contributed by atoms with E-state index in [1.54, 1.807) is 11.6 Å². The highest BCUT2D eigenvalue weighted by molar-refractivity contribution is 5.73. The highest BCUT2D eigenvalue weighted by atomic mass is 16.5. The first kappa shape index (κ1) is 8.37. The molecule has 1 aromatic rings. The van der Waals surface area contributed by atoms with Crippen molar-refractivity contribution in [3.05, 3.63) is 11.4 Å². The molecule has 1 aliphatic heterocycles. The second kappa shape index (κ2) is 3.26. The second-order valence-electron chi connectivity index (χ2n) is 3.14. The van der Waals surface area contributed by atoms with Gasteiger partial charge in [0.15, 0.2) is 6.29 Å². The van der Waals surface area contributed by atoms with Crippen molar-refractivity contribution >= 4 is 6.29 Å². The maximum Gasteiger partial charge on any atom is 0.170 e. The van der Waals surface area contributed by atoms with Gasteiger partial charge in [-0.25, -0.2) is 4.68 Å². The summed E-state index contributed by atoms with van der Waals surface area (Å²) in [6, 6.07) is 0.182. The average Bonchev–Trinajstić information content (AvgIpc) is 2.71.